The molecule has 0 unspecified atom stereocenters. The maximum atomic E-state index is 11.9. The fourth-order valence-electron chi connectivity index (χ4n) is 2.34. The van der Waals surface area contributed by atoms with Gasteiger partial charge in [-0.3, -0.25) is 0 Å². The molecule has 0 saturated carbocycles. The largest absolute Gasteiger partial charge is 0.368 e. The molecule has 1 N–H and O–H groups in total. The summed E-state index contributed by atoms with van der Waals surface area (Å²) < 4.78 is 1.14. The van der Waals surface area contributed by atoms with Gasteiger partial charge in [0.1, 0.15) is 0 Å². The molecule has 4 nitrogen and oxygen atoms in total. The number of urea groups is 1. The van der Waals surface area contributed by atoms with Gasteiger partial charge in [0.25, 0.3) is 0 Å². The lowest BCUT2D eigenvalue weighted by atomic mass is 10.2. The molecular weight excluding hydrogens is 318 g/mol. The first-order chi connectivity index (χ1) is 9.61. The van der Waals surface area contributed by atoms with Crippen LogP contribution < -0.4 is 10.2 Å². The lowest BCUT2D eigenvalue weighted by Crippen LogP contribution is -2.52. The Morgan fingerprint density at radius 3 is 2.60 bits per heavy atom. The summed E-state index contributed by atoms with van der Waals surface area (Å²) in [4.78, 5) is 16.1. The topological polar surface area (TPSA) is 35.6 Å². The molecule has 1 aromatic carbocycles. The molecule has 5 heteroatoms. The quantitative estimate of drug-likeness (QED) is 0.918. The predicted octanol–water partition coefficient (Wildman–Crippen LogP) is 3.00. The minimum absolute atomic E-state index is 0.0680. The van der Waals surface area contributed by atoms with Crippen LogP contribution in [0.3, 0.4) is 0 Å². The number of anilines is 1. The number of hydrogen-bond acceptors (Lipinski definition) is 2. The van der Waals surface area contributed by atoms with E-state index >= 15 is 0 Å². The highest BCUT2D eigenvalue weighted by atomic mass is 79.9. The Morgan fingerprint density at radius 1 is 1.30 bits per heavy atom. The number of hydrogen-bond donors (Lipinski definition) is 1. The Balaban J connectivity index is 1.90. The normalized spacial score (nSPS) is 15.3. The van der Waals surface area contributed by atoms with Crippen molar-refractivity contribution < 1.29 is 4.79 Å². The van der Waals surface area contributed by atoms with Crippen LogP contribution in [-0.4, -0.2) is 43.7 Å². The zero-order chi connectivity index (χ0) is 14.5. The van der Waals surface area contributed by atoms with E-state index in [1.54, 1.807) is 0 Å². The summed E-state index contributed by atoms with van der Waals surface area (Å²) in [5, 5.41) is 2.94. The van der Waals surface area contributed by atoms with Gasteiger partial charge in [0, 0.05) is 42.9 Å². The minimum Gasteiger partial charge on any atom is -0.368 e. The highest BCUT2D eigenvalue weighted by Gasteiger charge is 2.20. The van der Waals surface area contributed by atoms with Crippen molar-refractivity contribution >= 4 is 27.6 Å². The molecule has 1 aliphatic heterocycles. The minimum atomic E-state index is 0.0680. The van der Waals surface area contributed by atoms with Gasteiger partial charge in [0.2, 0.25) is 0 Å². The number of piperazine rings is 1. The third kappa shape index (κ3) is 3.66. The van der Waals surface area contributed by atoms with Crippen molar-refractivity contribution in [3.63, 3.8) is 0 Å². The second kappa shape index (κ2) is 6.97. The SMILES string of the molecule is CCCNC(=O)N1CCN(c2ccc(Br)c(C)c2)CC1. The number of amides is 2. The molecule has 1 heterocycles. The van der Waals surface area contributed by atoms with Crippen LogP contribution in [0.5, 0.6) is 0 Å². The number of carbonyl (C=O) groups is 1. The van der Waals surface area contributed by atoms with E-state index < -0.39 is 0 Å². The van der Waals surface area contributed by atoms with Gasteiger partial charge >= 0.3 is 6.03 Å². The van der Waals surface area contributed by atoms with E-state index in [1.807, 2.05) is 4.90 Å². The molecule has 110 valence electrons. The summed E-state index contributed by atoms with van der Waals surface area (Å²) in [5.41, 5.74) is 2.48. The van der Waals surface area contributed by atoms with Gasteiger partial charge in [-0.25, -0.2) is 4.79 Å². The van der Waals surface area contributed by atoms with Gasteiger partial charge in [0.15, 0.2) is 0 Å². The molecule has 20 heavy (non-hydrogen) atoms. The number of benzene rings is 1. The molecule has 0 spiro atoms. The molecule has 1 fully saturated rings. The number of rotatable bonds is 3. The van der Waals surface area contributed by atoms with Crippen LogP contribution in [0.1, 0.15) is 18.9 Å². The van der Waals surface area contributed by atoms with E-state index in [0.29, 0.717) is 0 Å². The lowest BCUT2D eigenvalue weighted by Gasteiger charge is -2.36. The Labute approximate surface area is 129 Å². The van der Waals surface area contributed by atoms with Gasteiger partial charge in [-0.1, -0.05) is 22.9 Å². The first kappa shape index (κ1) is 15.2. The maximum Gasteiger partial charge on any atom is 0.317 e. The number of nitrogens with zero attached hydrogens (tertiary/aromatic N) is 2. The average Bonchev–Trinajstić information content (AvgIpc) is 2.48. The Bertz CT molecular complexity index is 470. The van der Waals surface area contributed by atoms with Crippen LogP contribution in [0.4, 0.5) is 10.5 Å². The van der Waals surface area contributed by atoms with Crippen molar-refractivity contribution in [2.75, 3.05) is 37.6 Å². The van der Waals surface area contributed by atoms with E-state index in [2.05, 4.69) is 58.2 Å². The third-order valence-electron chi connectivity index (χ3n) is 3.60. The van der Waals surface area contributed by atoms with E-state index in [1.165, 1.54) is 11.3 Å². The molecule has 0 aliphatic carbocycles. The van der Waals surface area contributed by atoms with Crippen LogP contribution in [0.15, 0.2) is 22.7 Å². The summed E-state index contributed by atoms with van der Waals surface area (Å²) in [6, 6.07) is 6.48. The van der Waals surface area contributed by atoms with Crippen LogP contribution in [-0.2, 0) is 0 Å². The summed E-state index contributed by atoms with van der Waals surface area (Å²) in [7, 11) is 0. The van der Waals surface area contributed by atoms with Gasteiger partial charge in [0.05, 0.1) is 0 Å². The monoisotopic (exact) mass is 339 g/mol. The van der Waals surface area contributed by atoms with Crippen molar-refractivity contribution in [3.05, 3.63) is 28.2 Å². The second-order valence-electron chi connectivity index (χ2n) is 5.14. The van der Waals surface area contributed by atoms with Gasteiger partial charge in [-0.05, 0) is 37.1 Å². The summed E-state index contributed by atoms with van der Waals surface area (Å²) >= 11 is 3.53. The van der Waals surface area contributed by atoms with Crippen LogP contribution in [0.2, 0.25) is 0 Å². The Hall–Kier alpha value is -1.23. The fraction of sp³-hybridized carbons (Fsp3) is 0.533. The highest BCUT2D eigenvalue weighted by Crippen LogP contribution is 2.23. The summed E-state index contributed by atoms with van der Waals surface area (Å²) in [6.45, 7) is 8.26. The van der Waals surface area contributed by atoms with Gasteiger partial charge < -0.3 is 15.1 Å². The van der Waals surface area contributed by atoms with Crippen molar-refractivity contribution in [3.8, 4) is 0 Å². The molecule has 0 radical (unpaired) electrons. The van der Waals surface area contributed by atoms with Crippen LogP contribution in [0.25, 0.3) is 0 Å². The van der Waals surface area contributed by atoms with Crippen molar-refractivity contribution in [2.45, 2.75) is 20.3 Å². The van der Waals surface area contributed by atoms with Crippen molar-refractivity contribution in [2.24, 2.45) is 0 Å². The number of carbonyl (C=O) groups excluding carboxylic acids is 1. The summed E-state index contributed by atoms with van der Waals surface area (Å²) in [6.07, 6.45) is 0.976. The molecule has 0 atom stereocenters. The zero-order valence-electron chi connectivity index (χ0n) is 12.2. The first-order valence-electron chi connectivity index (χ1n) is 7.15. The van der Waals surface area contributed by atoms with E-state index in [9.17, 15) is 4.79 Å². The lowest BCUT2D eigenvalue weighted by molar-refractivity contribution is 0.194. The predicted molar refractivity (Wildman–Crippen MR) is 86.4 cm³/mol. The summed E-state index contributed by atoms with van der Waals surface area (Å²) in [5.74, 6) is 0. The number of nitrogens with one attached hydrogen (secondary N) is 1. The van der Waals surface area contributed by atoms with E-state index in [4.69, 9.17) is 0 Å². The standard InChI is InChI=1S/C15H22BrN3O/c1-3-6-17-15(20)19-9-7-18(8-10-19)13-4-5-14(16)12(2)11-13/h4-5,11H,3,6-10H2,1-2H3,(H,17,20). The molecule has 1 saturated heterocycles. The van der Waals surface area contributed by atoms with Crippen molar-refractivity contribution in [1.29, 1.82) is 0 Å². The Kier molecular flexibility index (Phi) is 5.29. The maximum absolute atomic E-state index is 11.9. The van der Waals surface area contributed by atoms with Gasteiger partial charge in [-0.15, -0.1) is 0 Å². The molecule has 1 aliphatic rings. The van der Waals surface area contributed by atoms with Crippen molar-refractivity contribution in [1.82, 2.24) is 10.2 Å². The number of halogens is 1. The average molecular weight is 340 g/mol. The Morgan fingerprint density at radius 2 is 2.00 bits per heavy atom. The molecule has 0 bridgehead atoms. The van der Waals surface area contributed by atoms with Crippen LogP contribution in [0, 0.1) is 6.92 Å². The second-order valence-corrected chi connectivity index (χ2v) is 5.99. The third-order valence-corrected chi connectivity index (χ3v) is 4.49. The molecule has 2 amide bonds. The fourth-order valence-corrected chi connectivity index (χ4v) is 2.58. The molecule has 2 rings (SSSR count). The molecular formula is C15H22BrN3O. The zero-order valence-corrected chi connectivity index (χ0v) is 13.7. The van der Waals surface area contributed by atoms with E-state index in [-0.39, 0.29) is 6.03 Å². The van der Waals surface area contributed by atoms with Crippen LogP contribution >= 0.6 is 15.9 Å². The smallest absolute Gasteiger partial charge is 0.317 e. The van der Waals surface area contributed by atoms with Gasteiger partial charge in [-0.2, -0.15) is 0 Å². The first-order valence-corrected chi connectivity index (χ1v) is 7.95. The van der Waals surface area contributed by atoms with E-state index in [0.717, 1.165) is 43.6 Å². The molecule has 1 aromatic rings. The highest BCUT2D eigenvalue weighted by molar-refractivity contribution is 9.10. The molecule has 0 aromatic heterocycles. The number of aryl methyl sites for hydroxylation is 1.